The van der Waals surface area contributed by atoms with Crippen molar-refractivity contribution in [1.29, 1.82) is 0 Å². The van der Waals surface area contributed by atoms with E-state index in [2.05, 4.69) is 119 Å². The Hall–Kier alpha value is -1.80. The maximum absolute atomic E-state index is 6.11. The van der Waals surface area contributed by atoms with Gasteiger partial charge in [-0.15, -0.1) is 0 Å². The Bertz CT molecular complexity index is 976. The molecule has 0 aliphatic rings. The van der Waals surface area contributed by atoms with E-state index in [0.717, 1.165) is 96.6 Å². The SMILES string of the molecule is CCc1ccc(C[N+](C)(C)CCOCC[N+](C)(C)Cc2ccc(C[N+](C)(C)CCOCC[N+](C)(C)C)cc2)cc1. The van der Waals surface area contributed by atoms with Crippen molar-refractivity contribution in [1.82, 2.24) is 0 Å². The Kier molecular flexibility index (Phi) is 13.3. The molecule has 0 radical (unpaired) electrons. The van der Waals surface area contributed by atoms with Crippen LogP contribution in [0, 0.1) is 0 Å². The van der Waals surface area contributed by atoms with Crippen LogP contribution >= 0.6 is 0 Å². The van der Waals surface area contributed by atoms with Crippen LogP contribution in [-0.2, 0) is 35.5 Å². The lowest BCUT2D eigenvalue weighted by Crippen LogP contribution is -2.43. The summed E-state index contributed by atoms with van der Waals surface area (Å²) >= 11 is 0. The second-order valence-electron chi connectivity index (χ2n) is 14.7. The van der Waals surface area contributed by atoms with Crippen LogP contribution in [0.4, 0.5) is 0 Å². The van der Waals surface area contributed by atoms with Crippen molar-refractivity contribution in [2.75, 3.05) is 116 Å². The molecule has 0 aliphatic carbocycles. The molecule has 2 aromatic rings. The lowest BCUT2D eigenvalue weighted by Gasteiger charge is -2.32. The number of ether oxygens (including phenoxy) is 2. The summed E-state index contributed by atoms with van der Waals surface area (Å²) in [6.45, 7) is 12.6. The summed E-state index contributed by atoms with van der Waals surface area (Å²) in [5, 5.41) is 0. The fraction of sp³-hybridized carbons (Fsp3) is 0.647. The van der Waals surface area contributed by atoms with Gasteiger partial charge < -0.3 is 27.4 Å². The Morgan fingerprint density at radius 1 is 0.425 bits per heavy atom. The first kappa shape index (κ1) is 34.4. The number of nitrogens with zero attached hydrogens (tertiary/aromatic N) is 4. The predicted molar refractivity (Wildman–Crippen MR) is 169 cm³/mol. The summed E-state index contributed by atoms with van der Waals surface area (Å²) < 4.78 is 15.8. The molecule has 2 aromatic carbocycles. The van der Waals surface area contributed by atoms with E-state index in [-0.39, 0.29) is 0 Å². The molecule has 0 aromatic heterocycles. The molecule has 0 atom stereocenters. The Balaban J connectivity index is 1.69. The summed E-state index contributed by atoms with van der Waals surface area (Å²) in [5.74, 6) is 0. The minimum absolute atomic E-state index is 0.790. The van der Waals surface area contributed by atoms with Gasteiger partial charge in [-0.2, -0.15) is 0 Å². The number of hydrogen-bond acceptors (Lipinski definition) is 2. The molecule has 0 unspecified atom stereocenters. The molecule has 0 fully saturated rings. The zero-order valence-corrected chi connectivity index (χ0v) is 27.7. The van der Waals surface area contributed by atoms with E-state index >= 15 is 0 Å². The fourth-order valence-corrected chi connectivity index (χ4v) is 4.83. The van der Waals surface area contributed by atoms with Crippen molar-refractivity contribution in [3.05, 3.63) is 70.8 Å². The second-order valence-corrected chi connectivity index (χ2v) is 14.7. The van der Waals surface area contributed by atoms with Crippen LogP contribution in [0.5, 0.6) is 0 Å². The van der Waals surface area contributed by atoms with Crippen LogP contribution in [0.2, 0.25) is 0 Å². The van der Waals surface area contributed by atoms with Crippen LogP contribution in [0.1, 0.15) is 29.2 Å². The lowest BCUT2D eigenvalue weighted by molar-refractivity contribution is -0.907. The Labute approximate surface area is 247 Å². The Morgan fingerprint density at radius 3 is 0.975 bits per heavy atom. The van der Waals surface area contributed by atoms with Gasteiger partial charge in [-0.25, -0.2) is 0 Å². The predicted octanol–water partition coefficient (Wildman–Crippen LogP) is 4.42. The maximum Gasteiger partial charge on any atom is 0.104 e. The number of benzene rings is 2. The number of aryl methyl sites for hydroxylation is 1. The molecular formula is C34H62N4O2+4. The van der Waals surface area contributed by atoms with Gasteiger partial charge in [0, 0.05) is 16.7 Å². The minimum atomic E-state index is 0.790. The first-order valence-electron chi connectivity index (χ1n) is 15.2. The third kappa shape index (κ3) is 14.7. The topological polar surface area (TPSA) is 18.5 Å². The number of hydrogen-bond donors (Lipinski definition) is 0. The van der Waals surface area contributed by atoms with Crippen LogP contribution < -0.4 is 0 Å². The molecule has 2 rings (SSSR count). The highest BCUT2D eigenvalue weighted by Crippen LogP contribution is 2.15. The molecule has 0 amide bonds. The van der Waals surface area contributed by atoms with E-state index in [4.69, 9.17) is 9.47 Å². The van der Waals surface area contributed by atoms with E-state index in [1.807, 2.05) is 0 Å². The third-order valence-corrected chi connectivity index (χ3v) is 7.72. The Morgan fingerprint density at radius 2 is 0.700 bits per heavy atom. The van der Waals surface area contributed by atoms with E-state index < -0.39 is 0 Å². The summed E-state index contributed by atoms with van der Waals surface area (Å²) in [5.41, 5.74) is 5.57. The van der Waals surface area contributed by atoms with Crippen molar-refractivity contribution in [3.63, 3.8) is 0 Å². The summed E-state index contributed by atoms with van der Waals surface area (Å²) in [6.07, 6.45) is 1.10. The van der Waals surface area contributed by atoms with Gasteiger partial charge in [0.15, 0.2) is 0 Å². The molecule has 0 heterocycles. The molecule has 0 saturated carbocycles. The fourth-order valence-electron chi connectivity index (χ4n) is 4.83. The zero-order chi connectivity index (χ0) is 29.9. The molecule has 0 bridgehead atoms. The van der Waals surface area contributed by atoms with Gasteiger partial charge in [-0.1, -0.05) is 55.5 Å². The quantitative estimate of drug-likeness (QED) is 0.188. The van der Waals surface area contributed by atoms with E-state index in [0.29, 0.717) is 0 Å². The first-order chi connectivity index (χ1) is 18.6. The molecule has 6 heteroatoms. The van der Waals surface area contributed by atoms with Crippen molar-refractivity contribution in [2.45, 2.75) is 33.0 Å². The largest absolute Gasteiger partial charge is 0.370 e. The first-order valence-corrected chi connectivity index (χ1v) is 15.2. The van der Waals surface area contributed by atoms with Crippen LogP contribution in [-0.4, -0.2) is 134 Å². The summed E-state index contributed by atoms with van der Waals surface area (Å²) in [7, 11) is 20.4. The third-order valence-electron chi connectivity index (χ3n) is 7.72. The van der Waals surface area contributed by atoms with Gasteiger partial charge in [-0.3, -0.25) is 0 Å². The van der Waals surface area contributed by atoms with Crippen molar-refractivity contribution >= 4 is 0 Å². The second kappa shape index (κ2) is 15.4. The van der Waals surface area contributed by atoms with Crippen molar-refractivity contribution < 1.29 is 27.4 Å². The maximum atomic E-state index is 6.11. The van der Waals surface area contributed by atoms with Gasteiger partial charge in [0.05, 0.1) is 89.9 Å². The van der Waals surface area contributed by atoms with Gasteiger partial charge in [0.2, 0.25) is 0 Å². The minimum Gasteiger partial charge on any atom is -0.370 e. The molecule has 226 valence electrons. The summed E-state index contributed by atoms with van der Waals surface area (Å²) in [4.78, 5) is 0. The molecular weight excluding hydrogens is 496 g/mol. The van der Waals surface area contributed by atoms with Crippen LogP contribution in [0.3, 0.4) is 0 Å². The highest BCUT2D eigenvalue weighted by molar-refractivity contribution is 5.22. The number of likely N-dealkylation sites (N-methyl/N-ethyl adjacent to an activating group) is 4. The summed E-state index contributed by atoms with van der Waals surface area (Å²) in [6, 6.07) is 18.3. The van der Waals surface area contributed by atoms with Crippen LogP contribution in [0.15, 0.2) is 48.5 Å². The number of quaternary nitrogens is 4. The van der Waals surface area contributed by atoms with Crippen LogP contribution in [0.25, 0.3) is 0 Å². The van der Waals surface area contributed by atoms with E-state index in [1.165, 1.54) is 22.3 Å². The van der Waals surface area contributed by atoms with Gasteiger partial charge in [0.25, 0.3) is 0 Å². The average molecular weight is 559 g/mol. The van der Waals surface area contributed by atoms with Gasteiger partial charge in [0.1, 0.15) is 45.8 Å². The smallest absolute Gasteiger partial charge is 0.104 e. The van der Waals surface area contributed by atoms with Crippen molar-refractivity contribution in [3.8, 4) is 0 Å². The molecule has 0 N–H and O–H groups in total. The lowest BCUT2D eigenvalue weighted by atomic mass is 10.1. The van der Waals surface area contributed by atoms with E-state index in [9.17, 15) is 0 Å². The molecule has 6 nitrogen and oxygen atoms in total. The molecule has 40 heavy (non-hydrogen) atoms. The average Bonchev–Trinajstić information content (AvgIpc) is 2.84. The van der Waals surface area contributed by atoms with Gasteiger partial charge in [-0.05, 0) is 12.0 Å². The van der Waals surface area contributed by atoms with Gasteiger partial charge >= 0.3 is 0 Å². The normalized spacial score (nSPS) is 13.2. The molecule has 0 aliphatic heterocycles. The standard InChI is InChI=1S/C34H62N4O2/c1-11-31-12-14-32(15-13-31)28-37(7,8)22-26-40-27-23-38(9,10)30-34-18-16-33(17-19-34)29-36(5,6)21-25-39-24-20-35(2,3)4/h12-19H,11,20-30H2,1-10H3/q+4. The highest BCUT2D eigenvalue weighted by atomic mass is 16.5. The molecule has 0 spiro atoms. The van der Waals surface area contributed by atoms with E-state index in [1.54, 1.807) is 0 Å². The number of rotatable bonds is 19. The highest BCUT2D eigenvalue weighted by Gasteiger charge is 2.20. The zero-order valence-electron chi connectivity index (χ0n) is 27.7. The van der Waals surface area contributed by atoms with Crippen molar-refractivity contribution in [2.24, 2.45) is 0 Å². The monoisotopic (exact) mass is 558 g/mol. The molecule has 0 saturated heterocycles.